The second kappa shape index (κ2) is 6.21. The molecule has 2 nitrogen and oxygen atoms in total. The molecule has 110 valence electrons. The molecule has 0 aromatic heterocycles. The first-order chi connectivity index (χ1) is 9.30. The van der Waals surface area contributed by atoms with E-state index in [2.05, 4.69) is 15.9 Å². The lowest BCUT2D eigenvalue weighted by atomic mass is 9.97. The first-order valence-electron chi connectivity index (χ1n) is 6.10. The zero-order valence-corrected chi connectivity index (χ0v) is 14.1. The van der Waals surface area contributed by atoms with Gasteiger partial charge in [-0.1, -0.05) is 6.07 Å². The second-order valence-corrected chi connectivity index (χ2v) is 6.67. The standard InChI is InChI=1S/C13H12BrF3INO/c14-10-5-1-4-9(11(10)18)12(20)19-6-2-3-8(7-19)13(15,16)17/h1,4-5,8H,2-3,6-7H2. The van der Waals surface area contributed by atoms with E-state index in [0.717, 1.165) is 8.04 Å². The van der Waals surface area contributed by atoms with E-state index in [1.807, 2.05) is 22.6 Å². The Labute approximate surface area is 137 Å². The van der Waals surface area contributed by atoms with Gasteiger partial charge in [-0.25, -0.2) is 0 Å². The van der Waals surface area contributed by atoms with Crippen molar-refractivity contribution in [2.45, 2.75) is 19.0 Å². The Morgan fingerprint density at radius 3 is 2.75 bits per heavy atom. The Hall–Kier alpha value is -0.310. The molecule has 2 rings (SSSR count). The summed E-state index contributed by atoms with van der Waals surface area (Å²) < 4.78 is 39.8. The van der Waals surface area contributed by atoms with Crippen molar-refractivity contribution in [3.05, 3.63) is 31.8 Å². The van der Waals surface area contributed by atoms with E-state index in [4.69, 9.17) is 0 Å². The normalized spacial score (nSPS) is 20.1. The summed E-state index contributed by atoms with van der Waals surface area (Å²) in [5, 5.41) is 0. The third kappa shape index (κ3) is 3.47. The fourth-order valence-electron chi connectivity index (χ4n) is 2.27. The molecule has 1 atom stereocenters. The summed E-state index contributed by atoms with van der Waals surface area (Å²) in [4.78, 5) is 13.7. The minimum Gasteiger partial charge on any atom is -0.338 e. The van der Waals surface area contributed by atoms with Crippen LogP contribution in [0.4, 0.5) is 13.2 Å². The lowest BCUT2D eigenvalue weighted by Crippen LogP contribution is -2.44. The summed E-state index contributed by atoms with van der Waals surface area (Å²) in [7, 11) is 0. The molecule has 0 saturated carbocycles. The van der Waals surface area contributed by atoms with E-state index in [-0.39, 0.29) is 18.9 Å². The zero-order valence-electron chi connectivity index (χ0n) is 10.4. The predicted octanol–water partition coefficient (Wildman–Crippen LogP) is 4.47. The first kappa shape index (κ1) is 16.1. The lowest BCUT2D eigenvalue weighted by molar-refractivity contribution is -0.184. The molecule has 1 amide bonds. The number of hydrogen-bond donors (Lipinski definition) is 0. The van der Waals surface area contributed by atoms with Crippen LogP contribution in [0.3, 0.4) is 0 Å². The minimum absolute atomic E-state index is 0.100. The largest absolute Gasteiger partial charge is 0.393 e. The van der Waals surface area contributed by atoms with Crippen molar-refractivity contribution in [3.8, 4) is 0 Å². The molecule has 1 aromatic rings. The van der Waals surface area contributed by atoms with Crippen LogP contribution < -0.4 is 0 Å². The number of alkyl halides is 3. The Morgan fingerprint density at radius 1 is 1.40 bits per heavy atom. The number of rotatable bonds is 1. The lowest BCUT2D eigenvalue weighted by Gasteiger charge is -2.34. The smallest absolute Gasteiger partial charge is 0.338 e. The van der Waals surface area contributed by atoms with Crippen LogP contribution in [0.2, 0.25) is 0 Å². The summed E-state index contributed by atoms with van der Waals surface area (Å²) in [6.07, 6.45) is -3.74. The highest BCUT2D eigenvalue weighted by Crippen LogP contribution is 2.34. The molecule has 7 heteroatoms. The van der Waals surface area contributed by atoms with Crippen molar-refractivity contribution in [2.24, 2.45) is 5.92 Å². The van der Waals surface area contributed by atoms with Gasteiger partial charge in [0.1, 0.15) is 0 Å². The van der Waals surface area contributed by atoms with E-state index < -0.39 is 12.1 Å². The number of likely N-dealkylation sites (tertiary alicyclic amines) is 1. The van der Waals surface area contributed by atoms with Crippen molar-refractivity contribution in [2.75, 3.05) is 13.1 Å². The van der Waals surface area contributed by atoms with Crippen LogP contribution in [-0.2, 0) is 0 Å². The third-order valence-corrected chi connectivity index (χ3v) is 5.92. The van der Waals surface area contributed by atoms with Crippen molar-refractivity contribution in [3.63, 3.8) is 0 Å². The molecule has 1 saturated heterocycles. The fourth-order valence-corrected chi connectivity index (χ4v) is 3.22. The topological polar surface area (TPSA) is 20.3 Å². The monoisotopic (exact) mass is 461 g/mol. The van der Waals surface area contributed by atoms with Gasteiger partial charge < -0.3 is 4.90 Å². The number of benzene rings is 1. The number of piperidine rings is 1. The number of hydrogen-bond acceptors (Lipinski definition) is 1. The molecule has 0 aliphatic carbocycles. The van der Waals surface area contributed by atoms with E-state index >= 15 is 0 Å². The molecular weight excluding hydrogens is 450 g/mol. The molecule has 1 aromatic carbocycles. The number of carbonyl (C=O) groups excluding carboxylic acids is 1. The van der Waals surface area contributed by atoms with Crippen LogP contribution in [0.1, 0.15) is 23.2 Å². The number of nitrogens with zero attached hydrogens (tertiary/aromatic N) is 1. The van der Waals surface area contributed by atoms with Crippen LogP contribution >= 0.6 is 38.5 Å². The van der Waals surface area contributed by atoms with Gasteiger partial charge in [0.15, 0.2) is 0 Å². The molecule has 0 N–H and O–H groups in total. The number of amides is 1. The first-order valence-corrected chi connectivity index (χ1v) is 7.98. The van der Waals surface area contributed by atoms with Crippen molar-refractivity contribution in [1.29, 1.82) is 0 Å². The molecular formula is C13H12BrF3INO. The summed E-state index contributed by atoms with van der Waals surface area (Å²) in [6, 6.07) is 5.16. The van der Waals surface area contributed by atoms with Gasteiger partial charge >= 0.3 is 6.18 Å². The van der Waals surface area contributed by atoms with E-state index in [0.29, 0.717) is 18.5 Å². The van der Waals surface area contributed by atoms with E-state index in [1.54, 1.807) is 18.2 Å². The predicted molar refractivity (Wildman–Crippen MR) is 81.5 cm³/mol. The van der Waals surface area contributed by atoms with Crippen LogP contribution in [0.25, 0.3) is 0 Å². The molecule has 0 radical (unpaired) electrons. The van der Waals surface area contributed by atoms with Gasteiger partial charge in [-0.3, -0.25) is 4.79 Å². The number of halogens is 5. The maximum absolute atomic E-state index is 12.8. The maximum atomic E-state index is 12.8. The van der Waals surface area contributed by atoms with E-state index in [9.17, 15) is 18.0 Å². The van der Waals surface area contributed by atoms with Crippen LogP contribution in [0.5, 0.6) is 0 Å². The second-order valence-electron chi connectivity index (χ2n) is 4.73. The van der Waals surface area contributed by atoms with Gasteiger partial charge in [-0.15, -0.1) is 0 Å². The van der Waals surface area contributed by atoms with Crippen molar-refractivity contribution >= 4 is 44.4 Å². The Bertz CT molecular complexity index is 521. The highest BCUT2D eigenvalue weighted by atomic mass is 127. The summed E-state index contributed by atoms with van der Waals surface area (Å²) in [5.74, 6) is -1.74. The molecule has 1 heterocycles. The Morgan fingerprint density at radius 2 is 2.10 bits per heavy atom. The minimum atomic E-state index is -4.23. The molecule has 1 aliphatic heterocycles. The van der Waals surface area contributed by atoms with Gasteiger partial charge in [0.25, 0.3) is 5.91 Å². The highest BCUT2D eigenvalue weighted by Gasteiger charge is 2.42. The summed E-state index contributed by atoms with van der Waals surface area (Å²) >= 11 is 5.34. The molecule has 0 spiro atoms. The molecule has 20 heavy (non-hydrogen) atoms. The zero-order chi connectivity index (χ0) is 14.9. The van der Waals surface area contributed by atoms with Crippen molar-refractivity contribution in [1.82, 2.24) is 4.90 Å². The average molecular weight is 462 g/mol. The molecule has 1 aliphatic rings. The van der Waals surface area contributed by atoms with Crippen LogP contribution in [0.15, 0.2) is 22.7 Å². The highest BCUT2D eigenvalue weighted by molar-refractivity contribution is 14.1. The number of carbonyl (C=O) groups is 1. The van der Waals surface area contributed by atoms with Gasteiger partial charge in [0.2, 0.25) is 0 Å². The SMILES string of the molecule is O=C(c1cccc(Br)c1I)N1CCCC(C(F)(F)F)C1. The summed E-state index contributed by atoms with van der Waals surface area (Å²) in [6.45, 7) is 0.138. The van der Waals surface area contributed by atoms with Gasteiger partial charge in [-0.2, -0.15) is 13.2 Å². The van der Waals surface area contributed by atoms with Crippen LogP contribution in [-0.4, -0.2) is 30.1 Å². The Kier molecular flexibility index (Phi) is 4.99. The molecule has 1 unspecified atom stereocenters. The van der Waals surface area contributed by atoms with Gasteiger partial charge in [0.05, 0.1) is 11.5 Å². The molecule has 0 bridgehead atoms. The maximum Gasteiger partial charge on any atom is 0.393 e. The quantitative estimate of drug-likeness (QED) is 0.565. The Balaban J connectivity index is 2.19. The summed E-state index contributed by atoms with van der Waals surface area (Å²) in [5.41, 5.74) is 0.447. The fraction of sp³-hybridized carbons (Fsp3) is 0.462. The third-order valence-electron chi connectivity index (χ3n) is 3.35. The van der Waals surface area contributed by atoms with Gasteiger partial charge in [-0.05, 0) is 63.5 Å². The van der Waals surface area contributed by atoms with Gasteiger partial charge in [0, 0.05) is 21.1 Å². The van der Waals surface area contributed by atoms with Crippen molar-refractivity contribution < 1.29 is 18.0 Å². The average Bonchev–Trinajstić information content (AvgIpc) is 2.40. The van der Waals surface area contributed by atoms with E-state index in [1.165, 1.54) is 4.90 Å². The molecule has 1 fully saturated rings. The van der Waals surface area contributed by atoms with Crippen LogP contribution in [0, 0.1) is 9.49 Å².